The molecule has 0 spiro atoms. The monoisotopic (exact) mass is 304 g/mol. The van der Waals surface area contributed by atoms with Crippen LogP contribution >= 0.6 is 0 Å². The first kappa shape index (κ1) is 14.7. The van der Waals surface area contributed by atoms with Crippen molar-refractivity contribution < 1.29 is 22.0 Å². The third-order valence-corrected chi connectivity index (χ3v) is 4.94. The van der Waals surface area contributed by atoms with E-state index in [1.165, 1.54) is 0 Å². The second kappa shape index (κ2) is 5.35. The van der Waals surface area contributed by atoms with Gasteiger partial charge in [0.1, 0.15) is 9.84 Å². The first-order valence-corrected chi connectivity index (χ1v) is 7.86. The number of carbonyl (C=O) groups excluding carboxylic acids is 1. The Morgan fingerprint density at radius 1 is 1.20 bits per heavy atom. The van der Waals surface area contributed by atoms with Crippen molar-refractivity contribution in [1.29, 1.82) is 0 Å². The van der Waals surface area contributed by atoms with Crippen molar-refractivity contribution in [3.63, 3.8) is 0 Å². The Balaban J connectivity index is 2.08. The summed E-state index contributed by atoms with van der Waals surface area (Å²) >= 11 is 0. The lowest BCUT2D eigenvalue weighted by Gasteiger charge is -2.23. The van der Waals surface area contributed by atoms with Gasteiger partial charge in [0.25, 0.3) is 5.91 Å². The van der Waals surface area contributed by atoms with Crippen LogP contribution in [0.5, 0.6) is 0 Å². The largest absolute Gasteiger partial charge is 0.398 e. The molecule has 0 aliphatic carbocycles. The molecule has 0 radical (unpaired) electrons. The van der Waals surface area contributed by atoms with E-state index in [1.807, 2.05) is 0 Å². The van der Waals surface area contributed by atoms with E-state index in [-0.39, 0.29) is 28.8 Å². The molecule has 8 heteroatoms. The van der Waals surface area contributed by atoms with Gasteiger partial charge in [0.15, 0.2) is 11.6 Å². The number of nitrogens with one attached hydrogen (secondary N) is 1. The SMILES string of the molecule is Nc1cc(F)c(F)cc1C(=O)NC1CCS(=O)(=O)CC1. The summed E-state index contributed by atoms with van der Waals surface area (Å²) in [5.74, 6) is -2.90. The fourth-order valence-electron chi connectivity index (χ4n) is 2.06. The smallest absolute Gasteiger partial charge is 0.253 e. The number of hydrogen-bond donors (Lipinski definition) is 2. The summed E-state index contributed by atoms with van der Waals surface area (Å²) in [6, 6.07) is 1.17. The van der Waals surface area contributed by atoms with E-state index in [9.17, 15) is 22.0 Å². The molecule has 0 bridgehead atoms. The number of halogens is 2. The Bertz CT molecular complexity index is 632. The third kappa shape index (κ3) is 3.24. The zero-order chi connectivity index (χ0) is 14.9. The number of anilines is 1. The molecule has 5 nitrogen and oxygen atoms in total. The van der Waals surface area contributed by atoms with Crippen molar-refractivity contribution in [3.05, 3.63) is 29.3 Å². The fourth-order valence-corrected chi connectivity index (χ4v) is 3.55. The molecular weight excluding hydrogens is 290 g/mol. The van der Waals surface area contributed by atoms with Gasteiger partial charge in [-0.15, -0.1) is 0 Å². The van der Waals surface area contributed by atoms with Gasteiger partial charge in [-0.1, -0.05) is 0 Å². The number of sulfone groups is 1. The minimum absolute atomic E-state index is 0.00517. The van der Waals surface area contributed by atoms with E-state index in [0.29, 0.717) is 12.8 Å². The molecule has 2 rings (SSSR count). The number of amides is 1. The molecule has 20 heavy (non-hydrogen) atoms. The summed E-state index contributed by atoms with van der Waals surface area (Å²) in [4.78, 5) is 11.9. The lowest BCUT2D eigenvalue weighted by atomic mass is 10.1. The molecule has 1 fully saturated rings. The number of hydrogen-bond acceptors (Lipinski definition) is 4. The van der Waals surface area contributed by atoms with Gasteiger partial charge in [0, 0.05) is 17.8 Å². The first-order valence-electron chi connectivity index (χ1n) is 6.04. The molecule has 110 valence electrons. The van der Waals surface area contributed by atoms with E-state index >= 15 is 0 Å². The number of benzene rings is 1. The molecule has 0 aromatic heterocycles. The van der Waals surface area contributed by atoms with Crippen molar-refractivity contribution in [2.75, 3.05) is 17.2 Å². The highest BCUT2D eigenvalue weighted by atomic mass is 32.2. The highest BCUT2D eigenvalue weighted by Crippen LogP contribution is 2.18. The van der Waals surface area contributed by atoms with E-state index in [1.54, 1.807) is 0 Å². The predicted octanol–water partition coefficient (Wildman–Crippen LogP) is 0.854. The lowest BCUT2D eigenvalue weighted by Crippen LogP contribution is -2.41. The molecule has 1 aromatic rings. The molecule has 0 unspecified atom stereocenters. The van der Waals surface area contributed by atoms with Gasteiger partial charge in [-0.25, -0.2) is 17.2 Å². The van der Waals surface area contributed by atoms with Crippen LogP contribution in [0.15, 0.2) is 12.1 Å². The van der Waals surface area contributed by atoms with E-state index in [2.05, 4.69) is 5.32 Å². The Morgan fingerprint density at radius 3 is 2.35 bits per heavy atom. The quantitative estimate of drug-likeness (QED) is 0.793. The van der Waals surface area contributed by atoms with Gasteiger partial charge < -0.3 is 11.1 Å². The fraction of sp³-hybridized carbons (Fsp3) is 0.417. The Kier molecular flexibility index (Phi) is 3.94. The Labute approximate surface area is 115 Å². The summed E-state index contributed by atoms with van der Waals surface area (Å²) in [5, 5.41) is 2.59. The van der Waals surface area contributed by atoms with Crippen LogP contribution in [0.1, 0.15) is 23.2 Å². The number of nitrogens with two attached hydrogens (primary N) is 1. The van der Waals surface area contributed by atoms with Gasteiger partial charge in [0.05, 0.1) is 17.1 Å². The second-order valence-electron chi connectivity index (χ2n) is 4.75. The van der Waals surface area contributed by atoms with Crippen LogP contribution in [-0.2, 0) is 9.84 Å². The van der Waals surface area contributed by atoms with Crippen LogP contribution in [0.2, 0.25) is 0 Å². The number of rotatable bonds is 2. The number of nitrogen functional groups attached to an aromatic ring is 1. The summed E-state index contributed by atoms with van der Waals surface area (Å²) in [5.41, 5.74) is 5.16. The summed E-state index contributed by atoms with van der Waals surface area (Å²) in [7, 11) is -3.02. The van der Waals surface area contributed by atoms with E-state index in [4.69, 9.17) is 5.73 Å². The van der Waals surface area contributed by atoms with Gasteiger partial charge in [-0.2, -0.15) is 0 Å². The lowest BCUT2D eigenvalue weighted by molar-refractivity contribution is 0.0934. The van der Waals surface area contributed by atoms with Gasteiger partial charge in [-0.3, -0.25) is 4.79 Å². The molecular formula is C12H14F2N2O3S. The zero-order valence-corrected chi connectivity index (χ0v) is 11.3. The predicted molar refractivity (Wildman–Crippen MR) is 69.9 cm³/mol. The van der Waals surface area contributed by atoms with Crippen LogP contribution < -0.4 is 11.1 Å². The van der Waals surface area contributed by atoms with Gasteiger partial charge in [-0.05, 0) is 18.9 Å². The number of carbonyl (C=O) groups is 1. The summed E-state index contributed by atoms with van der Waals surface area (Å²) < 4.78 is 48.6. The van der Waals surface area contributed by atoms with Crippen molar-refractivity contribution >= 4 is 21.4 Å². The van der Waals surface area contributed by atoms with Crippen LogP contribution in [0.3, 0.4) is 0 Å². The molecule has 0 atom stereocenters. The molecule has 1 amide bonds. The zero-order valence-electron chi connectivity index (χ0n) is 10.5. The molecule has 1 saturated heterocycles. The van der Waals surface area contributed by atoms with Crippen molar-refractivity contribution in [2.45, 2.75) is 18.9 Å². The van der Waals surface area contributed by atoms with Crippen LogP contribution in [0.4, 0.5) is 14.5 Å². The van der Waals surface area contributed by atoms with Gasteiger partial charge >= 0.3 is 0 Å². The Morgan fingerprint density at radius 2 is 1.75 bits per heavy atom. The average Bonchev–Trinajstić information content (AvgIpc) is 2.36. The maximum absolute atomic E-state index is 13.1. The third-order valence-electron chi connectivity index (χ3n) is 3.23. The molecule has 1 aliphatic heterocycles. The van der Waals surface area contributed by atoms with Crippen LogP contribution in [0, 0.1) is 11.6 Å². The minimum atomic E-state index is -3.02. The maximum Gasteiger partial charge on any atom is 0.253 e. The van der Waals surface area contributed by atoms with E-state index < -0.39 is 27.4 Å². The maximum atomic E-state index is 13.1. The minimum Gasteiger partial charge on any atom is -0.398 e. The molecule has 1 aliphatic rings. The van der Waals surface area contributed by atoms with Crippen molar-refractivity contribution in [1.82, 2.24) is 5.32 Å². The Hall–Kier alpha value is -1.70. The normalized spacial score (nSPS) is 18.7. The topological polar surface area (TPSA) is 89.3 Å². The highest BCUT2D eigenvalue weighted by molar-refractivity contribution is 7.91. The highest BCUT2D eigenvalue weighted by Gasteiger charge is 2.25. The van der Waals surface area contributed by atoms with E-state index in [0.717, 1.165) is 12.1 Å². The molecule has 3 N–H and O–H groups in total. The molecule has 0 saturated carbocycles. The van der Waals surface area contributed by atoms with Crippen molar-refractivity contribution in [3.8, 4) is 0 Å². The summed E-state index contributed by atoms with van der Waals surface area (Å²) in [6.45, 7) is 0. The van der Waals surface area contributed by atoms with Crippen LogP contribution in [-0.4, -0.2) is 31.9 Å². The molecule has 1 heterocycles. The summed E-state index contributed by atoms with van der Waals surface area (Å²) in [6.07, 6.45) is 0.606. The first-order chi connectivity index (χ1) is 9.28. The molecule has 1 aromatic carbocycles. The average molecular weight is 304 g/mol. The second-order valence-corrected chi connectivity index (χ2v) is 7.06. The van der Waals surface area contributed by atoms with Crippen LogP contribution in [0.25, 0.3) is 0 Å². The van der Waals surface area contributed by atoms with Crippen molar-refractivity contribution in [2.24, 2.45) is 0 Å². The standard InChI is InChI=1S/C12H14F2N2O3S/c13-9-5-8(11(15)6-10(9)14)12(17)16-7-1-3-20(18,19)4-2-7/h5-7H,1-4,15H2,(H,16,17). The van der Waals surface area contributed by atoms with Gasteiger partial charge in [0.2, 0.25) is 0 Å².